The van der Waals surface area contributed by atoms with Gasteiger partial charge in [-0.15, -0.1) is 0 Å². The van der Waals surface area contributed by atoms with Crippen molar-refractivity contribution in [3.63, 3.8) is 0 Å². The summed E-state index contributed by atoms with van der Waals surface area (Å²) in [5.74, 6) is -0.117. The molecule has 0 aromatic rings. The molecule has 0 aliphatic carbocycles. The van der Waals surface area contributed by atoms with Crippen molar-refractivity contribution in [3.8, 4) is 0 Å². The highest BCUT2D eigenvalue weighted by atomic mass is 16.5. The molecule has 0 saturated carbocycles. The Morgan fingerprint density at radius 1 is 1.27 bits per heavy atom. The van der Waals surface area contributed by atoms with Gasteiger partial charge in [-0.25, -0.2) is 0 Å². The molecule has 0 radical (unpaired) electrons. The van der Waals surface area contributed by atoms with Crippen molar-refractivity contribution in [2.75, 3.05) is 6.61 Å². The van der Waals surface area contributed by atoms with Crippen LogP contribution in [0.1, 0.15) is 46.0 Å². The molecular formula is C11H21NO3. The number of carbonyl (C=O) groups excluding carboxylic acids is 2. The molecule has 0 amide bonds. The van der Waals surface area contributed by atoms with Gasteiger partial charge in [0.15, 0.2) is 0 Å². The molecule has 0 aromatic heterocycles. The van der Waals surface area contributed by atoms with Crippen molar-refractivity contribution in [1.82, 2.24) is 0 Å². The molecule has 1 atom stereocenters. The smallest absolute Gasteiger partial charge is 0.322 e. The second-order valence-corrected chi connectivity index (χ2v) is 3.66. The summed E-state index contributed by atoms with van der Waals surface area (Å²) in [7, 11) is 0. The van der Waals surface area contributed by atoms with Crippen molar-refractivity contribution < 1.29 is 14.3 Å². The molecule has 0 aliphatic rings. The predicted molar refractivity (Wildman–Crippen MR) is 58.4 cm³/mol. The largest absolute Gasteiger partial charge is 0.465 e. The Kier molecular flexibility index (Phi) is 7.91. The molecule has 0 fully saturated rings. The third kappa shape index (κ3) is 8.12. The van der Waals surface area contributed by atoms with E-state index in [0.29, 0.717) is 19.4 Å². The summed E-state index contributed by atoms with van der Waals surface area (Å²) in [4.78, 5) is 21.7. The minimum atomic E-state index is -0.512. The van der Waals surface area contributed by atoms with Crippen LogP contribution < -0.4 is 5.73 Å². The first-order valence-electron chi connectivity index (χ1n) is 5.49. The van der Waals surface area contributed by atoms with E-state index in [1.165, 1.54) is 0 Å². The average molecular weight is 215 g/mol. The van der Waals surface area contributed by atoms with Gasteiger partial charge in [0, 0.05) is 6.42 Å². The van der Waals surface area contributed by atoms with E-state index < -0.39 is 6.04 Å². The van der Waals surface area contributed by atoms with Crippen LogP contribution in [-0.2, 0) is 14.3 Å². The molecule has 88 valence electrons. The van der Waals surface area contributed by atoms with Crippen molar-refractivity contribution in [2.24, 2.45) is 5.73 Å². The van der Waals surface area contributed by atoms with E-state index in [-0.39, 0.29) is 11.8 Å². The van der Waals surface area contributed by atoms with Crippen LogP contribution in [0.3, 0.4) is 0 Å². The molecule has 0 bridgehead atoms. The molecule has 0 aromatic carbocycles. The molecule has 0 heterocycles. The summed E-state index contributed by atoms with van der Waals surface area (Å²) in [5, 5.41) is 0. The van der Waals surface area contributed by atoms with E-state index in [2.05, 4.69) is 0 Å². The van der Waals surface area contributed by atoms with E-state index in [1.54, 1.807) is 13.8 Å². The van der Waals surface area contributed by atoms with Crippen LogP contribution in [0.5, 0.6) is 0 Å². The van der Waals surface area contributed by atoms with E-state index >= 15 is 0 Å². The van der Waals surface area contributed by atoms with Crippen LogP contribution in [0.4, 0.5) is 0 Å². The van der Waals surface area contributed by atoms with E-state index in [0.717, 1.165) is 19.3 Å². The third-order valence-electron chi connectivity index (χ3n) is 2.13. The lowest BCUT2D eigenvalue weighted by atomic mass is 10.1. The number of ketones is 1. The van der Waals surface area contributed by atoms with Crippen molar-refractivity contribution in [3.05, 3.63) is 0 Å². The Balaban J connectivity index is 3.42. The summed E-state index contributed by atoms with van der Waals surface area (Å²) in [6.07, 6.45) is 3.94. The number of esters is 1. The fraction of sp³-hybridized carbons (Fsp3) is 0.818. The summed E-state index contributed by atoms with van der Waals surface area (Å²) in [6, 6.07) is -0.512. The summed E-state index contributed by atoms with van der Waals surface area (Å²) in [6.45, 7) is 3.72. The Bertz CT molecular complexity index is 204. The molecule has 4 heteroatoms. The van der Waals surface area contributed by atoms with Gasteiger partial charge in [0.2, 0.25) is 0 Å². The number of carbonyl (C=O) groups is 2. The zero-order chi connectivity index (χ0) is 11.7. The lowest BCUT2D eigenvalue weighted by molar-refractivity contribution is -0.144. The highest BCUT2D eigenvalue weighted by Gasteiger charge is 2.13. The van der Waals surface area contributed by atoms with Crippen molar-refractivity contribution in [1.29, 1.82) is 0 Å². The average Bonchev–Trinajstić information content (AvgIpc) is 2.16. The first-order chi connectivity index (χ1) is 7.07. The van der Waals surface area contributed by atoms with Crippen molar-refractivity contribution in [2.45, 2.75) is 52.0 Å². The molecule has 0 saturated heterocycles. The molecule has 0 rings (SSSR count). The standard InChI is InChI=1S/C11H21NO3/c1-3-15-11(14)10(12)8-6-4-5-7-9(2)13/h10H,3-8,12H2,1-2H3. The van der Waals surface area contributed by atoms with E-state index in [9.17, 15) is 9.59 Å². The number of nitrogens with two attached hydrogens (primary N) is 1. The molecule has 0 spiro atoms. The number of ether oxygens (including phenoxy) is 1. The van der Waals surface area contributed by atoms with E-state index in [4.69, 9.17) is 10.5 Å². The van der Waals surface area contributed by atoms with Gasteiger partial charge >= 0.3 is 5.97 Å². The first-order valence-corrected chi connectivity index (χ1v) is 5.49. The maximum Gasteiger partial charge on any atom is 0.322 e. The zero-order valence-corrected chi connectivity index (χ0v) is 9.62. The molecule has 1 unspecified atom stereocenters. The predicted octanol–water partition coefficient (Wildman–Crippen LogP) is 1.42. The van der Waals surface area contributed by atoms with Gasteiger partial charge in [-0.05, 0) is 26.7 Å². The number of rotatable bonds is 8. The second kappa shape index (κ2) is 8.41. The van der Waals surface area contributed by atoms with Gasteiger partial charge in [-0.2, -0.15) is 0 Å². The Morgan fingerprint density at radius 3 is 2.47 bits per heavy atom. The van der Waals surface area contributed by atoms with Crippen LogP contribution in [0.25, 0.3) is 0 Å². The normalized spacial score (nSPS) is 12.2. The van der Waals surface area contributed by atoms with E-state index in [1.807, 2.05) is 0 Å². The van der Waals surface area contributed by atoms with Crippen LogP contribution in [0.15, 0.2) is 0 Å². The zero-order valence-electron chi connectivity index (χ0n) is 9.62. The topological polar surface area (TPSA) is 69.4 Å². The minimum Gasteiger partial charge on any atom is -0.465 e. The molecule has 2 N–H and O–H groups in total. The first kappa shape index (κ1) is 14.1. The fourth-order valence-electron chi connectivity index (χ4n) is 1.28. The second-order valence-electron chi connectivity index (χ2n) is 3.66. The highest BCUT2D eigenvalue weighted by molar-refractivity contribution is 5.75. The Hall–Kier alpha value is -0.900. The maximum atomic E-state index is 11.1. The Morgan fingerprint density at radius 2 is 1.93 bits per heavy atom. The summed E-state index contributed by atoms with van der Waals surface area (Å²) in [5.41, 5.74) is 5.60. The molecular weight excluding hydrogens is 194 g/mol. The third-order valence-corrected chi connectivity index (χ3v) is 2.13. The number of Topliss-reactive ketones (excluding diaryl/α,β-unsaturated/α-hetero) is 1. The van der Waals surface area contributed by atoms with Crippen LogP contribution in [0, 0.1) is 0 Å². The minimum absolute atomic E-state index is 0.213. The molecule has 15 heavy (non-hydrogen) atoms. The number of hydrogen-bond acceptors (Lipinski definition) is 4. The van der Waals surface area contributed by atoms with Gasteiger partial charge in [0.25, 0.3) is 0 Å². The van der Waals surface area contributed by atoms with Gasteiger partial charge in [0.1, 0.15) is 11.8 Å². The monoisotopic (exact) mass is 215 g/mol. The SMILES string of the molecule is CCOC(=O)C(N)CCCCCC(C)=O. The lowest BCUT2D eigenvalue weighted by Crippen LogP contribution is -2.32. The van der Waals surface area contributed by atoms with Gasteiger partial charge in [-0.3, -0.25) is 4.79 Å². The van der Waals surface area contributed by atoms with Crippen LogP contribution in [0.2, 0.25) is 0 Å². The van der Waals surface area contributed by atoms with Crippen molar-refractivity contribution >= 4 is 11.8 Å². The van der Waals surface area contributed by atoms with Crippen LogP contribution in [-0.4, -0.2) is 24.4 Å². The summed E-state index contributed by atoms with van der Waals surface area (Å²) >= 11 is 0. The number of unbranched alkanes of at least 4 members (excludes halogenated alkanes) is 2. The highest BCUT2D eigenvalue weighted by Crippen LogP contribution is 2.06. The summed E-state index contributed by atoms with van der Waals surface area (Å²) < 4.78 is 4.78. The van der Waals surface area contributed by atoms with Gasteiger partial charge < -0.3 is 15.3 Å². The van der Waals surface area contributed by atoms with Gasteiger partial charge in [-0.1, -0.05) is 12.8 Å². The van der Waals surface area contributed by atoms with Gasteiger partial charge in [0.05, 0.1) is 6.61 Å². The fourth-order valence-corrected chi connectivity index (χ4v) is 1.28. The molecule has 4 nitrogen and oxygen atoms in total. The quantitative estimate of drug-likeness (QED) is 0.491. The lowest BCUT2D eigenvalue weighted by Gasteiger charge is -2.09. The van der Waals surface area contributed by atoms with Crippen LogP contribution >= 0.6 is 0 Å². The number of hydrogen-bond donors (Lipinski definition) is 1. The molecule has 0 aliphatic heterocycles. The maximum absolute atomic E-state index is 11.1. The Labute approximate surface area is 91.2 Å².